The number of para-hydroxylation sites is 1. The molecule has 5 heteroatoms. The maximum Gasteiger partial charge on any atom is 0.244 e. The van der Waals surface area contributed by atoms with Crippen LogP contribution in [0.3, 0.4) is 0 Å². The summed E-state index contributed by atoms with van der Waals surface area (Å²) in [5.74, 6) is 1.10. The van der Waals surface area contributed by atoms with Crippen LogP contribution in [0.15, 0.2) is 82.5 Å². The van der Waals surface area contributed by atoms with E-state index in [2.05, 4.69) is 20.5 Å². The molecule has 0 aliphatic rings. The maximum absolute atomic E-state index is 5.20. The predicted molar refractivity (Wildman–Crippen MR) is 94.9 cm³/mol. The molecule has 116 valence electrons. The highest BCUT2D eigenvalue weighted by molar-refractivity contribution is 5.93. The van der Waals surface area contributed by atoms with Crippen molar-refractivity contribution in [3.63, 3.8) is 0 Å². The van der Waals surface area contributed by atoms with Crippen molar-refractivity contribution in [3.8, 4) is 11.3 Å². The van der Waals surface area contributed by atoms with Crippen molar-refractivity contribution in [1.29, 1.82) is 0 Å². The van der Waals surface area contributed by atoms with E-state index in [4.69, 9.17) is 4.42 Å². The van der Waals surface area contributed by atoms with Gasteiger partial charge in [0.05, 0.1) is 23.7 Å². The number of rotatable bonds is 4. The van der Waals surface area contributed by atoms with Gasteiger partial charge in [0.2, 0.25) is 5.95 Å². The van der Waals surface area contributed by atoms with Gasteiger partial charge in [0.25, 0.3) is 0 Å². The summed E-state index contributed by atoms with van der Waals surface area (Å²) < 4.78 is 5.20. The summed E-state index contributed by atoms with van der Waals surface area (Å²) in [6.07, 6.45) is 3.18. The topological polar surface area (TPSA) is 63.3 Å². The molecule has 2 heterocycles. The van der Waals surface area contributed by atoms with Crippen LogP contribution in [-0.2, 0) is 0 Å². The van der Waals surface area contributed by atoms with E-state index >= 15 is 0 Å². The summed E-state index contributed by atoms with van der Waals surface area (Å²) in [5, 5.41) is 5.14. The molecule has 0 radical (unpaired) electrons. The SMILES string of the molecule is C(=N\Nc1nc(-c2ccccc2)c2ccccc2n1)/c1ccco1. The number of hydrazone groups is 1. The molecular formula is C19H14N4O. The van der Waals surface area contributed by atoms with Crippen LogP contribution in [0, 0.1) is 0 Å². The Morgan fingerprint density at radius 1 is 0.875 bits per heavy atom. The molecule has 0 saturated carbocycles. The number of furan rings is 1. The van der Waals surface area contributed by atoms with Crippen LogP contribution in [0.5, 0.6) is 0 Å². The van der Waals surface area contributed by atoms with Crippen LogP contribution in [0.4, 0.5) is 5.95 Å². The van der Waals surface area contributed by atoms with Gasteiger partial charge in [-0.2, -0.15) is 5.10 Å². The summed E-state index contributed by atoms with van der Waals surface area (Å²) in [6.45, 7) is 0. The van der Waals surface area contributed by atoms with E-state index < -0.39 is 0 Å². The number of benzene rings is 2. The van der Waals surface area contributed by atoms with E-state index in [1.807, 2.05) is 60.7 Å². The van der Waals surface area contributed by atoms with Crippen molar-refractivity contribution in [2.45, 2.75) is 0 Å². The Bertz CT molecular complexity index is 979. The Balaban J connectivity index is 1.74. The number of aromatic nitrogens is 2. The van der Waals surface area contributed by atoms with E-state index in [0.29, 0.717) is 11.7 Å². The van der Waals surface area contributed by atoms with Crippen molar-refractivity contribution in [1.82, 2.24) is 9.97 Å². The highest BCUT2D eigenvalue weighted by atomic mass is 16.3. The molecule has 2 aromatic heterocycles. The Kier molecular flexibility index (Phi) is 3.73. The summed E-state index contributed by atoms with van der Waals surface area (Å²) in [6, 6.07) is 21.6. The lowest BCUT2D eigenvalue weighted by molar-refractivity contribution is 0.560. The van der Waals surface area contributed by atoms with E-state index in [-0.39, 0.29) is 0 Å². The van der Waals surface area contributed by atoms with Crippen LogP contribution in [0.1, 0.15) is 5.76 Å². The molecule has 0 fully saturated rings. The van der Waals surface area contributed by atoms with Gasteiger partial charge in [0.15, 0.2) is 0 Å². The molecular weight excluding hydrogens is 300 g/mol. The summed E-state index contributed by atoms with van der Waals surface area (Å²) in [5.41, 5.74) is 5.64. The second-order valence-corrected chi connectivity index (χ2v) is 5.16. The number of hydrogen-bond acceptors (Lipinski definition) is 5. The Morgan fingerprint density at radius 3 is 2.54 bits per heavy atom. The molecule has 1 N–H and O–H groups in total. The van der Waals surface area contributed by atoms with Gasteiger partial charge in [-0.05, 0) is 18.2 Å². The molecule has 5 nitrogen and oxygen atoms in total. The number of fused-ring (bicyclic) bond motifs is 1. The fourth-order valence-electron chi connectivity index (χ4n) is 2.46. The molecule has 0 aliphatic heterocycles. The second kappa shape index (κ2) is 6.34. The lowest BCUT2D eigenvalue weighted by Gasteiger charge is -2.08. The van der Waals surface area contributed by atoms with Crippen molar-refractivity contribution in [2.75, 3.05) is 5.43 Å². The van der Waals surface area contributed by atoms with Gasteiger partial charge in [0.1, 0.15) is 5.76 Å². The minimum Gasteiger partial charge on any atom is -0.463 e. The Morgan fingerprint density at radius 2 is 1.71 bits per heavy atom. The van der Waals surface area contributed by atoms with Gasteiger partial charge in [0, 0.05) is 10.9 Å². The summed E-state index contributed by atoms with van der Waals surface area (Å²) >= 11 is 0. The van der Waals surface area contributed by atoms with Gasteiger partial charge in [-0.1, -0.05) is 48.5 Å². The number of anilines is 1. The molecule has 4 rings (SSSR count). The first-order chi connectivity index (χ1) is 11.9. The number of hydrogen-bond donors (Lipinski definition) is 1. The minimum absolute atomic E-state index is 0.440. The quantitative estimate of drug-likeness (QED) is 0.449. The third kappa shape index (κ3) is 2.87. The van der Waals surface area contributed by atoms with E-state index in [1.54, 1.807) is 18.5 Å². The van der Waals surface area contributed by atoms with Crippen molar-refractivity contribution >= 4 is 23.1 Å². The molecule has 0 unspecified atom stereocenters. The van der Waals surface area contributed by atoms with Crippen LogP contribution >= 0.6 is 0 Å². The Hall–Kier alpha value is -3.47. The zero-order valence-corrected chi connectivity index (χ0v) is 12.8. The molecule has 0 spiro atoms. The number of nitrogens with zero attached hydrogens (tertiary/aromatic N) is 3. The fourth-order valence-corrected chi connectivity index (χ4v) is 2.46. The van der Waals surface area contributed by atoms with Crippen LogP contribution in [0.2, 0.25) is 0 Å². The average Bonchev–Trinajstić information content (AvgIpc) is 3.15. The molecule has 0 atom stereocenters. The molecule has 0 aliphatic carbocycles. The van der Waals surface area contributed by atoms with Crippen molar-refractivity contribution in [2.24, 2.45) is 5.10 Å². The van der Waals surface area contributed by atoms with E-state index in [1.165, 1.54) is 0 Å². The van der Waals surface area contributed by atoms with Crippen molar-refractivity contribution < 1.29 is 4.42 Å². The highest BCUT2D eigenvalue weighted by Gasteiger charge is 2.08. The summed E-state index contributed by atoms with van der Waals surface area (Å²) in [4.78, 5) is 9.14. The van der Waals surface area contributed by atoms with Gasteiger partial charge in [-0.25, -0.2) is 15.4 Å². The molecule has 0 amide bonds. The van der Waals surface area contributed by atoms with Gasteiger partial charge >= 0.3 is 0 Å². The van der Waals surface area contributed by atoms with Gasteiger partial charge in [-0.15, -0.1) is 0 Å². The monoisotopic (exact) mass is 314 g/mol. The minimum atomic E-state index is 0.440. The normalized spacial score (nSPS) is 11.2. The first-order valence-corrected chi connectivity index (χ1v) is 7.55. The molecule has 0 saturated heterocycles. The lowest BCUT2D eigenvalue weighted by Crippen LogP contribution is -1.99. The van der Waals surface area contributed by atoms with E-state index in [0.717, 1.165) is 22.2 Å². The third-order valence-corrected chi connectivity index (χ3v) is 3.55. The maximum atomic E-state index is 5.20. The zero-order valence-electron chi connectivity index (χ0n) is 12.8. The zero-order chi connectivity index (χ0) is 16.2. The largest absolute Gasteiger partial charge is 0.463 e. The third-order valence-electron chi connectivity index (χ3n) is 3.55. The lowest BCUT2D eigenvalue weighted by atomic mass is 10.1. The standard InChI is InChI=1S/C19H14N4O/c1-2-7-14(8-3-1)18-16-10-4-5-11-17(16)21-19(22-18)23-20-13-15-9-6-12-24-15/h1-13H,(H,21,22,23)/b20-13+. The average molecular weight is 314 g/mol. The highest BCUT2D eigenvalue weighted by Crippen LogP contribution is 2.26. The van der Waals surface area contributed by atoms with Gasteiger partial charge < -0.3 is 4.42 Å². The summed E-state index contributed by atoms with van der Waals surface area (Å²) in [7, 11) is 0. The Labute approximate surface area is 138 Å². The van der Waals surface area contributed by atoms with Crippen molar-refractivity contribution in [3.05, 3.63) is 78.8 Å². The number of nitrogens with one attached hydrogen (secondary N) is 1. The first-order valence-electron chi connectivity index (χ1n) is 7.55. The van der Waals surface area contributed by atoms with E-state index in [9.17, 15) is 0 Å². The van der Waals surface area contributed by atoms with Crippen LogP contribution in [-0.4, -0.2) is 16.2 Å². The molecule has 4 aromatic rings. The van der Waals surface area contributed by atoms with Crippen LogP contribution < -0.4 is 5.43 Å². The predicted octanol–water partition coefficient (Wildman–Crippen LogP) is 4.34. The van der Waals surface area contributed by atoms with Crippen LogP contribution in [0.25, 0.3) is 22.2 Å². The molecule has 2 aromatic carbocycles. The molecule has 24 heavy (non-hydrogen) atoms. The van der Waals surface area contributed by atoms with Gasteiger partial charge in [-0.3, -0.25) is 0 Å². The second-order valence-electron chi connectivity index (χ2n) is 5.16. The smallest absolute Gasteiger partial charge is 0.244 e. The molecule has 0 bridgehead atoms. The first kappa shape index (κ1) is 14.1. The fraction of sp³-hybridized carbons (Fsp3) is 0.